The molecule has 1 aliphatic heterocycles. The fraction of sp³-hybridized carbons (Fsp3) is 0.182. The fourth-order valence-electron chi connectivity index (χ4n) is 3.54. The molecule has 10 nitrogen and oxygen atoms in total. The van der Waals surface area contributed by atoms with E-state index in [0.717, 1.165) is 5.69 Å². The average Bonchev–Trinajstić information content (AvgIpc) is 3.21. The van der Waals surface area contributed by atoms with Crippen LogP contribution in [-0.2, 0) is 4.74 Å². The van der Waals surface area contributed by atoms with Gasteiger partial charge in [0.2, 0.25) is 11.9 Å². The monoisotopic (exact) mass is 465 g/mol. The van der Waals surface area contributed by atoms with Crippen LogP contribution in [0, 0.1) is 11.6 Å². The molecule has 0 atom stereocenters. The number of ether oxygens (including phenoxy) is 1. The molecule has 34 heavy (non-hydrogen) atoms. The van der Waals surface area contributed by atoms with Crippen molar-refractivity contribution in [2.75, 3.05) is 47.6 Å². The molecular formula is C22H21F2N9O. The van der Waals surface area contributed by atoms with Crippen LogP contribution in [-0.4, -0.2) is 51.0 Å². The van der Waals surface area contributed by atoms with Gasteiger partial charge in [-0.15, -0.1) is 5.10 Å². The predicted octanol–water partition coefficient (Wildman–Crippen LogP) is 3.24. The number of nitrogen functional groups attached to an aromatic ring is 1. The second kappa shape index (κ2) is 9.27. The van der Waals surface area contributed by atoms with Crippen LogP contribution in [0.15, 0.2) is 54.9 Å². The van der Waals surface area contributed by atoms with E-state index in [9.17, 15) is 8.78 Å². The lowest BCUT2D eigenvalue weighted by Crippen LogP contribution is -2.36. The minimum Gasteiger partial charge on any atom is -0.378 e. The van der Waals surface area contributed by atoms with Crippen molar-refractivity contribution in [3.63, 3.8) is 0 Å². The average molecular weight is 465 g/mol. The Kier molecular flexibility index (Phi) is 5.87. The molecule has 0 saturated carbocycles. The Labute approximate surface area is 193 Å². The first-order chi connectivity index (χ1) is 16.5. The highest BCUT2D eigenvalue weighted by molar-refractivity contribution is 5.61. The Hall–Kier alpha value is -4.32. The van der Waals surface area contributed by atoms with E-state index in [1.165, 1.54) is 29.2 Å². The zero-order chi connectivity index (χ0) is 23.5. The third kappa shape index (κ3) is 4.71. The van der Waals surface area contributed by atoms with Crippen LogP contribution in [0.1, 0.15) is 0 Å². The van der Waals surface area contributed by atoms with Crippen molar-refractivity contribution in [3.8, 4) is 5.82 Å². The number of nitrogens with zero attached hydrogens (tertiary/aromatic N) is 6. The summed E-state index contributed by atoms with van der Waals surface area (Å²) in [6, 6.07) is 12.5. The Morgan fingerprint density at radius 1 is 0.971 bits per heavy atom. The molecule has 12 heteroatoms. The van der Waals surface area contributed by atoms with Gasteiger partial charge in [0.25, 0.3) is 0 Å². The summed E-state index contributed by atoms with van der Waals surface area (Å²) in [5.41, 5.74) is 7.53. The minimum absolute atomic E-state index is 0.0447. The van der Waals surface area contributed by atoms with Gasteiger partial charge in [0.05, 0.1) is 18.9 Å². The zero-order valence-electron chi connectivity index (χ0n) is 17.9. The summed E-state index contributed by atoms with van der Waals surface area (Å²) < 4.78 is 34.8. The van der Waals surface area contributed by atoms with Crippen molar-refractivity contribution in [3.05, 3.63) is 66.5 Å². The van der Waals surface area contributed by atoms with Gasteiger partial charge >= 0.3 is 0 Å². The molecule has 2 aromatic heterocycles. The van der Waals surface area contributed by atoms with Crippen LogP contribution >= 0.6 is 0 Å². The van der Waals surface area contributed by atoms with Gasteiger partial charge in [-0.25, -0.2) is 18.7 Å². The lowest BCUT2D eigenvalue weighted by atomic mass is 10.2. The normalized spacial score (nSPS) is 13.6. The van der Waals surface area contributed by atoms with Gasteiger partial charge in [-0.1, -0.05) is 6.07 Å². The summed E-state index contributed by atoms with van der Waals surface area (Å²) in [5, 5.41) is 10.1. The van der Waals surface area contributed by atoms with Crippen molar-refractivity contribution >= 4 is 34.8 Å². The first-order valence-electron chi connectivity index (χ1n) is 10.5. The Balaban J connectivity index is 1.33. The van der Waals surface area contributed by atoms with Crippen LogP contribution in [0.4, 0.5) is 43.6 Å². The highest BCUT2D eigenvalue weighted by Crippen LogP contribution is 2.25. The molecule has 1 fully saturated rings. The molecule has 1 saturated heterocycles. The van der Waals surface area contributed by atoms with Gasteiger partial charge in [0.1, 0.15) is 23.8 Å². The minimum atomic E-state index is -0.442. The molecule has 0 aliphatic carbocycles. The Morgan fingerprint density at radius 3 is 2.62 bits per heavy atom. The number of benzene rings is 2. The molecule has 2 aromatic carbocycles. The number of nitrogens with two attached hydrogens (primary N) is 1. The molecule has 0 radical (unpaired) electrons. The molecule has 4 N–H and O–H groups in total. The maximum absolute atomic E-state index is 14.7. The molecule has 1 aliphatic rings. The van der Waals surface area contributed by atoms with E-state index in [-0.39, 0.29) is 23.4 Å². The van der Waals surface area contributed by atoms with E-state index < -0.39 is 5.82 Å². The third-order valence-corrected chi connectivity index (χ3v) is 5.17. The number of halogens is 2. The van der Waals surface area contributed by atoms with Crippen LogP contribution < -0.4 is 21.3 Å². The van der Waals surface area contributed by atoms with Gasteiger partial charge < -0.3 is 26.0 Å². The maximum atomic E-state index is 14.7. The summed E-state index contributed by atoms with van der Waals surface area (Å²) >= 11 is 0. The second-order valence-corrected chi connectivity index (χ2v) is 7.49. The van der Waals surface area contributed by atoms with Gasteiger partial charge in [-0.05, 0) is 36.4 Å². The highest BCUT2D eigenvalue weighted by Gasteiger charge is 2.16. The molecule has 0 bridgehead atoms. The van der Waals surface area contributed by atoms with Crippen LogP contribution in [0.5, 0.6) is 0 Å². The van der Waals surface area contributed by atoms with Gasteiger partial charge in [-0.3, -0.25) is 0 Å². The molecule has 4 aromatic rings. The number of hydrogen-bond donors (Lipinski definition) is 3. The number of hydrogen-bond acceptors (Lipinski definition) is 9. The number of morpholine rings is 1. The van der Waals surface area contributed by atoms with Crippen LogP contribution in [0.2, 0.25) is 0 Å². The largest absolute Gasteiger partial charge is 0.378 e. The molecule has 0 unspecified atom stereocenters. The SMILES string of the molecule is Nc1nc(Nc2ccc(N3CCOCC3)cc2F)nn1-c1cc(Nc2cccc(F)c2)ncn1. The Morgan fingerprint density at radius 2 is 1.82 bits per heavy atom. The van der Waals surface area contributed by atoms with E-state index in [1.807, 2.05) is 6.07 Å². The molecule has 0 spiro atoms. The summed E-state index contributed by atoms with van der Waals surface area (Å²) in [6.07, 6.45) is 1.31. The summed E-state index contributed by atoms with van der Waals surface area (Å²) in [6.45, 7) is 2.66. The van der Waals surface area contributed by atoms with Crippen molar-refractivity contribution in [2.24, 2.45) is 0 Å². The van der Waals surface area contributed by atoms with E-state index in [1.54, 1.807) is 24.3 Å². The van der Waals surface area contributed by atoms with Crippen molar-refractivity contribution in [2.45, 2.75) is 0 Å². The fourth-order valence-corrected chi connectivity index (χ4v) is 3.54. The summed E-state index contributed by atoms with van der Waals surface area (Å²) in [5.74, 6) is 0.0696. The van der Waals surface area contributed by atoms with Gasteiger partial charge in [0, 0.05) is 30.5 Å². The molecule has 0 amide bonds. The van der Waals surface area contributed by atoms with Crippen LogP contribution in [0.3, 0.4) is 0 Å². The van der Waals surface area contributed by atoms with Crippen molar-refractivity contribution in [1.29, 1.82) is 0 Å². The van der Waals surface area contributed by atoms with Crippen molar-refractivity contribution in [1.82, 2.24) is 24.7 Å². The van der Waals surface area contributed by atoms with E-state index in [4.69, 9.17) is 10.5 Å². The standard InChI is InChI=1S/C22H21F2N9O/c23-14-2-1-3-15(10-14)28-19-12-20(27-13-26-19)33-21(25)30-22(31-33)29-18-5-4-16(11-17(18)24)32-6-8-34-9-7-32/h1-5,10-13H,6-9H2,(H,26,27,28)(H3,25,29,30,31). The van der Waals surface area contributed by atoms with E-state index in [0.29, 0.717) is 43.6 Å². The zero-order valence-corrected chi connectivity index (χ0v) is 17.9. The number of anilines is 6. The smallest absolute Gasteiger partial charge is 0.248 e. The molecule has 174 valence electrons. The van der Waals surface area contributed by atoms with Gasteiger partial charge in [-0.2, -0.15) is 9.67 Å². The lowest BCUT2D eigenvalue weighted by molar-refractivity contribution is 0.122. The highest BCUT2D eigenvalue weighted by atomic mass is 19.1. The Bertz CT molecular complexity index is 1310. The topological polar surface area (TPSA) is 119 Å². The number of aromatic nitrogens is 5. The number of rotatable bonds is 6. The second-order valence-electron chi connectivity index (χ2n) is 7.49. The van der Waals surface area contributed by atoms with Crippen molar-refractivity contribution < 1.29 is 13.5 Å². The summed E-state index contributed by atoms with van der Waals surface area (Å²) in [4.78, 5) is 14.5. The van der Waals surface area contributed by atoms with Crippen LogP contribution in [0.25, 0.3) is 5.82 Å². The van der Waals surface area contributed by atoms with E-state index in [2.05, 4.69) is 35.6 Å². The molecule has 3 heterocycles. The predicted molar refractivity (Wildman–Crippen MR) is 124 cm³/mol. The third-order valence-electron chi connectivity index (χ3n) is 5.17. The first-order valence-corrected chi connectivity index (χ1v) is 10.5. The van der Waals surface area contributed by atoms with E-state index >= 15 is 0 Å². The first kappa shape index (κ1) is 21.5. The number of nitrogens with one attached hydrogen (secondary N) is 2. The van der Waals surface area contributed by atoms with Gasteiger partial charge in [0.15, 0.2) is 5.82 Å². The maximum Gasteiger partial charge on any atom is 0.248 e. The molecule has 5 rings (SSSR count). The lowest BCUT2D eigenvalue weighted by Gasteiger charge is -2.29. The molecular weight excluding hydrogens is 444 g/mol. The quantitative estimate of drug-likeness (QED) is 0.394. The summed E-state index contributed by atoms with van der Waals surface area (Å²) in [7, 11) is 0.